The Balaban J connectivity index is 1.62. The van der Waals surface area contributed by atoms with Gasteiger partial charge in [0.05, 0.1) is 20.2 Å². The van der Waals surface area contributed by atoms with Crippen LogP contribution in [0.5, 0.6) is 5.75 Å². The lowest BCUT2D eigenvalue weighted by Crippen LogP contribution is -2.49. The van der Waals surface area contributed by atoms with E-state index in [4.69, 9.17) is 9.73 Å². The van der Waals surface area contributed by atoms with Gasteiger partial charge in [-0.25, -0.2) is 4.99 Å². The van der Waals surface area contributed by atoms with Crippen molar-refractivity contribution in [3.63, 3.8) is 0 Å². The molecule has 0 aliphatic carbocycles. The van der Waals surface area contributed by atoms with E-state index in [9.17, 15) is 9.59 Å². The lowest BCUT2D eigenvalue weighted by Gasteiger charge is -2.26. The first-order valence-corrected chi connectivity index (χ1v) is 10.8. The Morgan fingerprint density at radius 2 is 1.84 bits per heavy atom. The number of nitrogens with zero attached hydrogens (tertiary/aromatic N) is 3. The molecule has 1 aliphatic rings. The number of hydrogen-bond donors (Lipinski definition) is 2. The van der Waals surface area contributed by atoms with E-state index in [1.54, 1.807) is 24.1 Å². The smallest absolute Gasteiger partial charge is 0.254 e. The molecule has 2 N–H and O–H groups in total. The number of methoxy groups -OCH3 is 1. The van der Waals surface area contributed by atoms with Gasteiger partial charge in [0.15, 0.2) is 5.96 Å². The first-order chi connectivity index (χ1) is 15.5. The fourth-order valence-electron chi connectivity index (χ4n) is 3.46. The molecule has 8 nitrogen and oxygen atoms in total. The number of amides is 2. The molecule has 0 unspecified atom stereocenters. The van der Waals surface area contributed by atoms with Crippen LogP contribution < -0.4 is 15.4 Å². The highest BCUT2D eigenvalue weighted by Gasteiger charge is 2.22. The minimum absolute atomic E-state index is 0.109. The van der Waals surface area contributed by atoms with Gasteiger partial charge in [-0.2, -0.15) is 0 Å². The maximum absolute atomic E-state index is 12.6. The standard InChI is InChI=1S/C24H31N5O3/c1-4-25-24(28(2)16-19-7-11-21(32-3)12-8-19)27-15-18-5-9-20(10-6-18)23(31)29-14-13-26-22(30)17-29/h5-12H,4,13-17H2,1-3H3,(H,25,27)(H,26,30). The van der Waals surface area contributed by atoms with Gasteiger partial charge in [0.2, 0.25) is 5.91 Å². The first kappa shape index (κ1) is 23.1. The molecule has 0 aromatic heterocycles. The third-order valence-electron chi connectivity index (χ3n) is 5.21. The maximum atomic E-state index is 12.6. The van der Waals surface area contributed by atoms with Gasteiger partial charge in [0.25, 0.3) is 5.91 Å². The fourth-order valence-corrected chi connectivity index (χ4v) is 3.46. The van der Waals surface area contributed by atoms with Crippen molar-refractivity contribution in [1.82, 2.24) is 20.4 Å². The van der Waals surface area contributed by atoms with Gasteiger partial charge in [0.1, 0.15) is 5.75 Å². The second-order valence-corrected chi connectivity index (χ2v) is 7.65. The Morgan fingerprint density at radius 1 is 1.16 bits per heavy atom. The second kappa shape index (κ2) is 11.2. The molecular weight excluding hydrogens is 406 g/mol. The molecule has 2 amide bonds. The molecule has 170 valence electrons. The number of hydrogen-bond acceptors (Lipinski definition) is 4. The number of benzene rings is 2. The summed E-state index contributed by atoms with van der Waals surface area (Å²) in [5, 5.41) is 6.06. The largest absolute Gasteiger partial charge is 0.497 e. The van der Waals surface area contributed by atoms with Gasteiger partial charge in [-0.15, -0.1) is 0 Å². The molecule has 1 fully saturated rings. The van der Waals surface area contributed by atoms with Crippen LogP contribution in [0.25, 0.3) is 0 Å². The van der Waals surface area contributed by atoms with Gasteiger partial charge in [-0.3, -0.25) is 9.59 Å². The normalized spacial score (nSPS) is 14.0. The van der Waals surface area contributed by atoms with Crippen LogP contribution >= 0.6 is 0 Å². The van der Waals surface area contributed by atoms with Crippen molar-refractivity contribution in [2.75, 3.05) is 40.3 Å². The number of guanidine groups is 1. The summed E-state index contributed by atoms with van der Waals surface area (Å²) in [7, 11) is 3.66. The number of carbonyl (C=O) groups is 2. The highest BCUT2D eigenvalue weighted by Crippen LogP contribution is 2.13. The van der Waals surface area contributed by atoms with Crippen LogP contribution in [-0.4, -0.2) is 67.9 Å². The Hall–Kier alpha value is -3.55. The van der Waals surface area contributed by atoms with Crippen LogP contribution in [0.2, 0.25) is 0 Å². The zero-order valence-electron chi connectivity index (χ0n) is 18.9. The van der Waals surface area contributed by atoms with Crippen molar-refractivity contribution in [3.8, 4) is 5.75 Å². The lowest BCUT2D eigenvalue weighted by molar-refractivity contribution is -0.123. The molecule has 8 heteroatoms. The SMILES string of the molecule is CCNC(=NCc1ccc(C(=O)N2CCNC(=O)C2)cc1)N(C)Cc1ccc(OC)cc1. The predicted octanol–water partition coefficient (Wildman–Crippen LogP) is 1.86. The van der Waals surface area contributed by atoms with Crippen LogP contribution in [0.3, 0.4) is 0 Å². The van der Waals surface area contributed by atoms with E-state index in [-0.39, 0.29) is 18.4 Å². The van der Waals surface area contributed by atoms with E-state index in [1.165, 1.54) is 0 Å². The zero-order valence-corrected chi connectivity index (χ0v) is 18.9. The summed E-state index contributed by atoms with van der Waals surface area (Å²) in [5.41, 5.74) is 2.75. The molecule has 1 saturated heterocycles. The molecule has 0 bridgehead atoms. The summed E-state index contributed by atoms with van der Waals surface area (Å²) in [6, 6.07) is 15.4. The third-order valence-corrected chi connectivity index (χ3v) is 5.21. The van der Waals surface area contributed by atoms with E-state index >= 15 is 0 Å². The van der Waals surface area contributed by atoms with E-state index in [0.29, 0.717) is 31.7 Å². The van der Waals surface area contributed by atoms with Crippen LogP contribution in [0.15, 0.2) is 53.5 Å². The molecule has 0 saturated carbocycles. The third kappa shape index (κ3) is 6.23. The van der Waals surface area contributed by atoms with Gasteiger partial charge in [0, 0.05) is 38.8 Å². The topological polar surface area (TPSA) is 86.3 Å². The molecule has 1 heterocycles. The molecule has 0 spiro atoms. The number of carbonyl (C=O) groups excluding carboxylic acids is 2. The van der Waals surface area contributed by atoms with Crippen LogP contribution in [0, 0.1) is 0 Å². The summed E-state index contributed by atoms with van der Waals surface area (Å²) >= 11 is 0. The molecular formula is C24H31N5O3. The van der Waals surface area contributed by atoms with E-state index in [1.807, 2.05) is 50.4 Å². The second-order valence-electron chi connectivity index (χ2n) is 7.65. The zero-order chi connectivity index (χ0) is 22.9. The van der Waals surface area contributed by atoms with Crippen molar-refractivity contribution in [2.45, 2.75) is 20.0 Å². The minimum atomic E-state index is -0.123. The molecule has 2 aromatic carbocycles. The summed E-state index contributed by atoms with van der Waals surface area (Å²) in [4.78, 5) is 32.5. The van der Waals surface area contributed by atoms with Gasteiger partial charge in [-0.1, -0.05) is 24.3 Å². The summed E-state index contributed by atoms with van der Waals surface area (Å²) in [5.74, 6) is 1.40. The fraction of sp³-hybridized carbons (Fsp3) is 0.375. The monoisotopic (exact) mass is 437 g/mol. The van der Waals surface area contributed by atoms with Crippen molar-refractivity contribution in [2.24, 2.45) is 4.99 Å². The predicted molar refractivity (Wildman–Crippen MR) is 125 cm³/mol. The highest BCUT2D eigenvalue weighted by molar-refractivity contribution is 5.97. The number of aliphatic imine (C=N–C) groups is 1. The molecule has 32 heavy (non-hydrogen) atoms. The van der Waals surface area contributed by atoms with Crippen molar-refractivity contribution >= 4 is 17.8 Å². The lowest BCUT2D eigenvalue weighted by atomic mass is 10.1. The number of ether oxygens (including phenoxy) is 1. The number of piperazine rings is 1. The van der Waals surface area contributed by atoms with E-state index < -0.39 is 0 Å². The van der Waals surface area contributed by atoms with Crippen molar-refractivity contribution < 1.29 is 14.3 Å². The Morgan fingerprint density at radius 3 is 2.47 bits per heavy atom. The van der Waals surface area contributed by atoms with Crippen LogP contribution in [0.4, 0.5) is 0 Å². The van der Waals surface area contributed by atoms with Crippen LogP contribution in [-0.2, 0) is 17.9 Å². The van der Waals surface area contributed by atoms with Crippen molar-refractivity contribution in [3.05, 3.63) is 65.2 Å². The average Bonchev–Trinajstić information content (AvgIpc) is 2.82. The molecule has 0 atom stereocenters. The first-order valence-electron chi connectivity index (χ1n) is 10.8. The number of rotatable bonds is 7. The quantitative estimate of drug-likeness (QED) is 0.510. The van der Waals surface area contributed by atoms with E-state index in [0.717, 1.165) is 29.4 Å². The van der Waals surface area contributed by atoms with Gasteiger partial charge >= 0.3 is 0 Å². The number of nitrogens with one attached hydrogen (secondary N) is 2. The van der Waals surface area contributed by atoms with Gasteiger partial charge in [-0.05, 0) is 42.3 Å². The van der Waals surface area contributed by atoms with Crippen LogP contribution in [0.1, 0.15) is 28.4 Å². The maximum Gasteiger partial charge on any atom is 0.254 e. The Labute approximate surface area is 189 Å². The van der Waals surface area contributed by atoms with Gasteiger partial charge < -0.3 is 25.2 Å². The highest BCUT2D eigenvalue weighted by atomic mass is 16.5. The molecule has 3 rings (SSSR count). The van der Waals surface area contributed by atoms with E-state index in [2.05, 4.69) is 15.5 Å². The molecule has 1 aliphatic heterocycles. The summed E-state index contributed by atoms with van der Waals surface area (Å²) in [6.07, 6.45) is 0. The minimum Gasteiger partial charge on any atom is -0.497 e. The molecule has 2 aromatic rings. The average molecular weight is 438 g/mol. The summed E-state index contributed by atoms with van der Waals surface area (Å²) in [6.45, 7) is 5.15. The Kier molecular flexibility index (Phi) is 8.08. The van der Waals surface area contributed by atoms with Crippen molar-refractivity contribution in [1.29, 1.82) is 0 Å². The summed E-state index contributed by atoms with van der Waals surface area (Å²) < 4.78 is 5.22. The Bertz CT molecular complexity index is 941. The molecule has 0 radical (unpaired) electrons.